The molecule has 1 aromatic heterocycles. The lowest BCUT2D eigenvalue weighted by Crippen LogP contribution is -2.04. The summed E-state index contributed by atoms with van der Waals surface area (Å²) in [5.41, 5.74) is 1.63. The molecule has 0 fully saturated rings. The van der Waals surface area contributed by atoms with Crippen molar-refractivity contribution in [1.82, 2.24) is 4.98 Å². The van der Waals surface area contributed by atoms with E-state index < -0.39 is 0 Å². The molecule has 0 saturated carbocycles. The first kappa shape index (κ1) is 11.5. The summed E-state index contributed by atoms with van der Waals surface area (Å²) in [6.45, 7) is 0.469. The Kier molecular flexibility index (Phi) is 3.02. The second-order valence-corrected chi connectivity index (χ2v) is 4.23. The summed E-state index contributed by atoms with van der Waals surface area (Å²) in [6.07, 6.45) is 0. The van der Waals surface area contributed by atoms with Gasteiger partial charge in [-0.3, -0.25) is 4.79 Å². The van der Waals surface area contributed by atoms with E-state index in [4.69, 9.17) is 4.74 Å². The molecule has 0 aliphatic carbocycles. The fraction of sp³-hybridized carbons (Fsp3) is 0.0625. The SMILES string of the molecule is O=c1ccc2[c]ccc(OCc3ccccc3)c2[nH]1. The van der Waals surface area contributed by atoms with Crippen molar-refractivity contribution < 1.29 is 4.74 Å². The molecule has 0 saturated heterocycles. The van der Waals surface area contributed by atoms with Crippen molar-refractivity contribution in [2.24, 2.45) is 0 Å². The first-order chi connectivity index (χ1) is 9.33. The smallest absolute Gasteiger partial charge is 0.248 e. The highest BCUT2D eigenvalue weighted by molar-refractivity contribution is 5.83. The molecule has 0 spiro atoms. The lowest BCUT2D eigenvalue weighted by molar-refractivity contribution is 0.309. The van der Waals surface area contributed by atoms with Gasteiger partial charge in [-0.05, 0) is 29.8 Å². The normalized spacial score (nSPS) is 10.5. The van der Waals surface area contributed by atoms with Crippen LogP contribution in [0.4, 0.5) is 0 Å². The molecule has 3 heteroatoms. The van der Waals surface area contributed by atoms with Crippen LogP contribution in [-0.2, 0) is 6.61 Å². The lowest BCUT2D eigenvalue weighted by Gasteiger charge is -2.08. The maximum atomic E-state index is 11.4. The number of benzene rings is 2. The first-order valence-electron chi connectivity index (χ1n) is 6.03. The summed E-state index contributed by atoms with van der Waals surface area (Å²) in [7, 11) is 0. The van der Waals surface area contributed by atoms with Crippen LogP contribution in [0.5, 0.6) is 5.75 Å². The summed E-state index contributed by atoms with van der Waals surface area (Å²) in [6, 6.07) is 19.8. The number of nitrogens with one attached hydrogen (secondary N) is 1. The van der Waals surface area contributed by atoms with E-state index >= 15 is 0 Å². The van der Waals surface area contributed by atoms with Gasteiger partial charge in [0.1, 0.15) is 12.4 Å². The third kappa shape index (κ3) is 2.50. The minimum absolute atomic E-state index is 0.142. The van der Waals surface area contributed by atoms with Crippen LogP contribution in [-0.4, -0.2) is 4.98 Å². The number of aromatic nitrogens is 1. The molecule has 3 rings (SSSR count). The fourth-order valence-corrected chi connectivity index (χ4v) is 1.94. The fourth-order valence-electron chi connectivity index (χ4n) is 1.94. The molecule has 3 nitrogen and oxygen atoms in total. The Morgan fingerprint density at radius 2 is 1.89 bits per heavy atom. The molecule has 93 valence electrons. The van der Waals surface area contributed by atoms with E-state index in [0.717, 1.165) is 10.9 Å². The third-order valence-corrected chi connectivity index (χ3v) is 2.88. The van der Waals surface area contributed by atoms with Gasteiger partial charge in [0, 0.05) is 11.5 Å². The zero-order valence-corrected chi connectivity index (χ0v) is 10.2. The van der Waals surface area contributed by atoms with Crippen molar-refractivity contribution >= 4 is 10.9 Å². The molecular weight excluding hydrogens is 238 g/mol. The van der Waals surface area contributed by atoms with Crippen LogP contribution in [0.1, 0.15) is 5.56 Å². The van der Waals surface area contributed by atoms with Crippen LogP contribution in [0, 0.1) is 6.07 Å². The number of ether oxygens (including phenoxy) is 1. The molecule has 1 N–H and O–H groups in total. The predicted octanol–water partition coefficient (Wildman–Crippen LogP) is 2.91. The van der Waals surface area contributed by atoms with Crippen LogP contribution < -0.4 is 10.3 Å². The zero-order chi connectivity index (χ0) is 13.1. The van der Waals surface area contributed by atoms with Gasteiger partial charge >= 0.3 is 0 Å². The van der Waals surface area contributed by atoms with Gasteiger partial charge < -0.3 is 9.72 Å². The number of rotatable bonds is 3. The minimum atomic E-state index is -0.142. The van der Waals surface area contributed by atoms with E-state index in [1.165, 1.54) is 6.07 Å². The molecule has 2 aromatic carbocycles. The number of aromatic amines is 1. The molecule has 3 aromatic rings. The van der Waals surface area contributed by atoms with Gasteiger partial charge in [-0.25, -0.2) is 0 Å². The lowest BCUT2D eigenvalue weighted by atomic mass is 10.2. The Morgan fingerprint density at radius 1 is 1.05 bits per heavy atom. The van der Waals surface area contributed by atoms with Gasteiger partial charge in [-0.1, -0.05) is 30.3 Å². The maximum absolute atomic E-state index is 11.4. The van der Waals surface area contributed by atoms with E-state index in [2.05, 4.69) is 11.1 Å². The topological polar surface area (TPSA) is 42.1 Å². The summed E-state index contributed by atoms with van der Waals surface area (Å²) < 4.78 is 5.77. The van der Waals surface area contributed by atoms with Crippen molar-refractivity contribution in [2.75, 3.05) is 0 Å². The number of fused-ring (bicyclic) bond motifs is 1. The first-order valence-corrected chi connectivity index (χ1v) is 6.03. The summed E-state index contributed by atoms with van der Waals surface area (Å²) in [5.74, 6) is 0.662. The molecular formula is C16H12NO2. The Bertz CT molecular complexity index is 747. The second kappa shape index (κ2) is 4.98. The summed E-state index contributed by atoms with van der Waals surface area (Å²) in [4.78, 5) is 14.2. The van der Waals surface area contributed by atoms with Gasteiger partial charge in [-0.15, -0.1) is 0 Å². The standard InChI is InChI=1S/C16H12NO2/c18-15-10-9-13-7-4-8-14(16(13)17-15)19-11-12-5-2-1-3-6-12/h1-6,8-10H,11H2,(H,17,18). The van der Waals surface area contributed by atoms with Gasteiger partial charge in [-0.2, -0.15) is 0 Å². The van der Waals surface area contributed by atoms with Crippen LogP contribution in [0.25, 0.3) is 10.9 Å². The average molecular weight is 250 g/mol. The maximum Gasteiger partial charge on any atom is 0.248 e. The van der Waals surface area contributed by atoms with E-state index in [1.807, 2.05) is 30.3 Å². The molecule has 0 bridgehead atoms. The third-order valence-electron chi connectivity index (χ3n) is 2.88. The number of pyridine rings is 1. The van der Waals surface area contributed by atoms with Gasteiger partial charge in [0.15, 0.2) is 0 Å². The highest BCUT2D eigenvalue weighted by atomic mass is 16.5. The van der Waals surface area contributed by atoms with Gasteiger partial charge in [0.25, 0.3) is 0 Å². The summed E-state index contributed by atoms with van der Waals surface area (Å²) in [5, 5.41) is 0.838. The molecule has 0 atom stereocenters. The number of H-pyrrole nitrogens is 1. The Balaban J connectivity index is 1.93. The largest absolute Gasteiger partial charge is 0.487 e. The Morgan fingerprint density at radius 3 is 2.74 bits per heavy atom. The van der Waals surface area contributed by atoms with Crippen LogP contribution in [0.2, 0.25) is 0 Å². The zero-order valence-electron chi connectivity index (χ0n) is 10.2. The molecule has 1 heterocycles. The van der Waals surface area contributed by atoms with Crippen molar-refractivity contribution in [2.45, 2.75) is 6.61 Å². The van der Waals surface area contributed by atoms with Gasteiger partial charge in [0.2, 0.25) is 5.56 Å². The van der Waals surface area contributed by atoms with E-state index in [0.29, 0.717) is 17.9 Å². The van der Waals surface area contributed by atoms with Crippen molar-refractivity contribution in [3.8, 4) is 5.75 Å². The van der Waals surface area contributed by atoms with Crippen molar-refractivity contribution in [3.63, 3.8) is 0 Å². The number of hydrogen-bond donors (Lipinski definition) is 1. The average Bonchev–Trinajstić information content (AvgIpc) is 2.46. The molecule has 0 amide bonds. The van der Waals surface area contributed by atoms with Crippen molar-refractivity contribution in [1.29, 1.82) is 0 Å². The van der Waals surface area contributed by atoms with E-state index in [1.54, 1.807) is 18.2 Å². The Labute approximate surface area is 110 Å². The molecule has 0 aliphatic rings. The minimum Gasteiger partial charge on any atom is -0.487 e. The summed E-state index contributed by atoms with van der Waals surface area (Å²) >= 11 is 0. The van der Waals surface area contributed by atoms with Crippen LogP contribution >= 0.6 is 0 Å². The van der Waals surface area contributed by atoms with Crippen LogP contribution in [0.15, 0.2) is 59.4 Å². The van der Waals surface area contributed by atoms with E-state index in [-0.39, 0.29) is 5.56 Å². The highest BCUT2D eigenvalue weighted by Gasteiger charge is 2.03. The van der Waals surface area contributed by atoms with Crippen molar-refractivity contribution in [3.05, 3.63) is 76.6 Å². The molecule has 0 unspecified atom stereocenters. The van der Waals surface area contributed by atoms with Crippen LogP contribution in [0.3, 0.4) is 0 Å². The second-order valence-electron chi connectivity index (χ2n) is 4.23. The molecule has 19 heavy (non-hydrogen) atoms. The quantitative estimate of drug-likeness (QED) is 0.776. The van der Waals surface area contributed by atoms with Gasteiger partial charge in [0.05, 0.1) is 5.52 Å². The predicted molar refractivity (Wildman–Crippen MR) is 74.2 cm³/mol. The van der Waals surface area contributed by atoms with E-state index in [9.17, 15) is 4.79 Å². The highest BCUT2D eigenvalue weighted by Crippen LogP contribution is 2.22. The number of hydrogen-bond acceptors (Lipinski definition) is 2. The Hall–Kier alpha value is -2.55. The molecule has 0 aliphatic heterocycles. The monoisotopic (exact) mass is 250 g/mol. The molecule has 1 radical (unpaired) electrons.